The van der Waals surface area contributed by atoms with Crippen LogP contribution in [0.15, 0.2) is 41.5 Å². The molecule has 3 rings (SSSR count). The van der Waals surface area contributed by atoms with Crippen LogP contribution in [0.5, 0.6) is 17.2 Å². The molecule has 1 N–H and O–H groups in total. The molecule has 1 aliphatic heterocycles. The minimum absolute atomic E-state index is 0.101. The maximum Gasteiger partial charge on any atom is 0.277 e. The third-order valence-corrected chi connectivity index (χ3v) is 7.57. The molecular weight excluding hydrogens is 432 g/mol. The third kappa shape index (κ3) is 6.83. The van der Waals surface area contributed by atoms with E-state index in [0.717, 1.165) is 11.1 Å². The number of hydrogen-bond donors (Lipinski definition) is 1. The van der Waals surface area contributed by atoms with Crippen molar-refractivity contribution in [3.8, 4) is 17.2 Å². The van der Waals surface area contributed by atoms with Crippen LogP contribution in [-0.2, 0) is 4.79 Å². The fraction of sp³-hybridized carbons (Fsp3) is 0.391. The van der Waals surface area contributed by atoms with Crippen molar-refractivity contribution in [1.82, 2.24) is 5.43 Å². The van der Waals surface area contributed by atoms with Gasteiger partial charge in [-0.05, 0) is 56.2 Å². The molecule has 1 aliphatic rings. The van der Waals surface area contributed by atoms with Crippen LogP contribution in [-0.4, -0.2) is 43.4 Å². The second-order valence-corrected chi connectivity index (χ2v) is 9.47. The molecule has 0 unspecified atom stereocenters. The van der Waals surface area contributed by atoms with Gasteiger partial charge in [-0.2, -0.15) is 5.10 Å². The first kappa shape index (κ1) is 23.3. The van der Waals surface area contributed by atoms with Crippen molar-refractivity contribution in [3.05, 3.63) is 53.1 Å². The van der Waals surface area contributed by atoms with Gasteiger partial charge in [-0.15, -0.1) is 23.5 Å². The lowest BCUT2D eigenvalue weighted by Crippen LogP contribution is -2.24. The van der Waals surface area contributed by atoms with Crippen LogP contribution >= 0.6 is 23.5 Å². The van der Waals surface area contributed by atoms with Crippen LogP contribution in [0.25, 0.3) is 0 Å². The highest BCUT2D eigenvalue weighted by molar-refractivity contribution is 8.19. The summed E-state index contributed by atoms with van der Waals surface area (Å²) in [6, 6.07) is 11.7. The van der Waals surface area contributed by atoms with Gasteiger partial charge in [0.15, 0.2) is 18.1 Å². The van der Waals surface area contributed by atoms with Crippen molar-refractivity contribution < 1.29 is 19.0 Å². The summed E-state index contributed by atoms with van der Waals surface area (Å²) < 4.78 is 17.3. The number of nitrogens with zero attached hydrogens (tertiary/aromatic N) is 1. The summed E-state index contributed by atoms with van der Waals surface area (Å²) in [7, 11) is 0. The molecule has 1 fully saturated rings. The molecule has 0 spiro atoms. The zero-order valence-electron chi connectivity index (χ0n) is 18.1. The van der Waals surface area contributed by atoms with Gasteiger partial charge in [-0.1, -0.05) is 12.1 Å². The number of nitrogens with one attached hydrogen (secondary N) is 1. The predicted molar refractivity (Wildman–Crippen MR) is 129 cm³/mol. The SMILES string of the molecule is CCOc1cc(C)c(/C=N\NC(=O)COc2ccc(C3SCCS3)cc2)cc1OCC. The molecule has 0 aliphatic carbocycles. The van der Waals surface area contributed by atoms with Gasteiger partial charge in [0.25, 0.3) is 5.91 Å². The summed E-state index contributed by atoms with van der Waals surface area (Å²) in [5, 5.41) is 4.05. The van der Waals surface area contributed by atoms with Crippen LogP contribution in [0, 0.1) is 6.92 Å². The normalized spacial score (nSPS) is 14.0. The molecule has 0 saturated carbocycles. The van der Waals surface area contributed by atoms with Gasteiger partial charge in [0.1, 0.15) is 5.75 Å². The Morgan fingerprint density at radius 1 is 1.06 bits per heavy atom. The van der Waals surface area contributed by atoms with Gasteiger partial charge in [0.05, 0.1) is 24.0 Å². The monoisotopic (exact) mass is 460 g/mol. The van der Waals surface area contributed by atoms with Gasteiger partial charge >= 0.3 is 0 Å². The first-order valence-corrected chi connectivity index (χ1v) is 12.4. The molecule has 2 aromatic rings. The third-order valence-electron chi connectivity index (χ3n) is 4.47. The van der Waals surface area contributed by atoms with Crippen molar-refractivity contribution in [2.75, 3.05) is 31.3 Å². The Morgan fingerprint density at radius 2 is 1.71 bits per heavy atom. The molecule has 1 amide bonds. The predicted octanol–water partition coefficient (Wildman–Crippen LogP) is 4.80. The van der Waals surface area contributed by atoms with E-state index in [9.17, 15) is 4.79 Å². The van der Waals surface area contributed by atoms with E-state index in [1.807, 2.05) is 68.6 Å². The van der Waals surface area contributed by atoms with Gasteiger partial charge < -0.3 is 14.2 Å². The highest BCUT2D eigenvalue weighted by atomic mass is 32.2. The zero-order chi connectivity index (χ0) is 22.1. The van der Waals surface area contributed by atoms with Crippen molar-refractivity contribution >= 4 is 35.6 Å². The van der Waals surface area contributed by atoms with E-state index in [4.69, 9.17) is 14.2 Å². The first-order chi connectivity index (χ1) is 15.1. The quantitative estimate of drug-likeness (QED) is 0.406. The topological polar surface area (TPSA) is 69.2 Å². The Kier molecular flexibility index (Phi) is 8.97. The summed E-state index contributed by atoms with van der Waals surface area (Å²) in [4.78, 5) is 12.1. The van der Waals surface area contributed by atoms with E-state index in [-0.39, 0.29) is 12.5 Å². The first-order valence-electron chi connectivity index (χ1n) is 10.3. The number of carbonyl (C=O) groups excluding carboxylic acids is 1. The van der Waals surface area contributed by atoms with Crippen LogP contribution in [0.3, 0.4) is 0 Å². The van der Waals surface area contributed by atoms with E-state index in [0.29, 0.717) is 35.0 Å². The Labute approximate surface area is 192 Å². The zero-order valence-corrected chi connectivity index (χ0v) is 19.7. The second-order valence-electron chi connectivity index (χ2n) is 6.75. The number of hydrogen-bond acceptors (Lipinski definition) is 7. The molecule has 0 atom stereocenters. The number of thioether (sulfide) groups is 2. The molecule has 1 saturated heterocycles. The minimum Gasteiger partial charge on any atom is -0.490 e. The van der Waals surface area contributed by atoms with E-state index >= 15 is 0 Å². The molecule has 8 heteroatoms. The Balaban J connectivity index is 1.51. The van der Waals surface area contributed by atoms with Crippen LogP contribution in [0.2, 0.25) is 0 Å². The molecule has 2 aromatic carbocycles. The van der Waals surface area contributed by atoms with Crippen LogP contribution in [0.1, 0.15) is 35.1 Å². The van der Waals surface area contributed by atoms with Crippen molar-refractivity contribution in [2.45, 2.75) is 25.4 Å². The number of ether oxygens (including phenoxy) is 3. The lowest BCUT2D eigenvalue weighted by molar-refractivity contribution is -0.123. The minimum atomic E-state index is -0.323. The molecule has 31 heavy (non-hydrogen) atoms. The maximum absolute atomic E-state index is 12.1. The number of rotatable bonds is 10. The molecular formula is C23H28N2O4S2. The smallest absolute Gasteiger partial charge is 0.277 e. The molecule has 6 nitrogen and oxygen atoms in total. The second kappa shape index (κ2) is 11.9. The fourth-order valence-electron chi connectivity index (χ4n) is 2.98. The van der Waals surface area contributed by atoms with Crippen LogP contribution in [0.4, 0.5) is 0 Å². The summed E-state index contributed by atoms with van der Waals surface area (Å²) in [5.41, 5.74) is 5.60. The van der Waals surface area contributed by atoms with Gasteiger partial charge in [0.2, 0.25) is 0 Å². The highest BCUT2D eigenvalue weighted by Gasteiger charge is 2.18. The Morgan fingerprint density at radius 3 is 2.35 bits per heavy atom. The Hall–Kier alpha value is -2.32. The lowest BCUT2D eigenvalue weighted by Gasteiger charge is -2.13. The standard InChI is InChI=1S/C23H28N2O4S2/c1-4-27-20-12-16(3)18(13-21(20)28-5-2)14-24-25-22(26)15-29-19-8-6-17(7-9-19)23-30-10-11-31-23/h6-9,12-14,23H,4-5,10-11,15H2,1-3H3,(H,25,26)/b24-14-. The summed E-state index contributed by atoms with van der Waals surface area (Å²) in [6.07, 6.45) is 1.59. The highest BCUT2D eigenvalue weighted by Crippen LogP contribution is 2.45. The average Bonchev–Trinajstić information content (AvgIpc) is 3.31. The summed E-state index contributed by atoms with van der Waals surface area (Å²) in [5.74, 6) is 4.08. The number of hydrazone groups is 1. The molecule has 1 heterocycles. The van der Waals surface area contributed by atoms with Crippen LogP contribution < -0.4 is 19.6 Å². The fourth-order valence-corrected chi connectivity index (χ4v) is 5.84. The van der Waals surface area contributed by atoms with E-state index in [1.54, 1.807) is 6.21 Å². The number of benzene rings is 2. The van der Waals surface area contributed by atoms with Gasteiger partial charge in [-0.3, -0.25) is 4.79 Å². The van der Waals surface area contributed by atoms with Gasteiger partial charge in [0, 0.05) is 17.1 Å². The van der Waals surface area contributed by atoms with E-state index in [1.165, 1.54) is 17.1 Å². The average molecular weight is 461 g/mol. The molecule has 0 aromatic heterocycles. The van der Waals surface area contributed by atoms with Crippen molar-refractivity contribution in [1.29, 1.82) is 0 Å². The lowest BCUT2D eigenvalue weighted by atomic mass is 10.1. The number of amides is 1. The summed E-state index contributed by atoms with van der Waals surface area (Å²) in [6.45, 7) is 6.80. The summed E-state index contributed by atoms with van der Waals surface area (Å²) >= 11 is 3.92. The molecule has 166 valence electrons. The van der Waals surface area contributed by atoms with Crippen molar-refractivity contribution in [2.24, 2.45) is 5.10 Å². The van der Waals surface area contributed by atoms with Gasteiger partial charge in [-0.25, -0.2) is 5.43 Å². The number of carbonyl (C=O) groups is 1. The largest absolute Gasteiger partial charge is 0.490 e. The van der Waals surface area contributed by atoms with E-state index < -0.39 is 0 Å². The van der Waals surface area contributed by atoms with E-state index in [2.05, 4.69) is 22.7 Å². The number of aryl methyl sites for hydroxylation is 1. The maximum atomic E-state index is 12.1. The molecule has 0 bridgehead atoms. The Bertz CT molecular complexity index is 897. The van der Waals surface area contributed by atoms with Crippen molar-refractivity contribution in [3.63, 3.8) is 0 Å². The molecule has 0 radical (unpaired) electrons.